The highest BCUT2D eigenvalue weighted by molar-refractivity contribution is 6.19. The average Bonchev–Trinajstić information content (AvgIpc) is 2.33. The van der Waals surface area contributed by atoms with Crippen molar-refractivity contribution in [1.29, 1.82) is 0 Å². The highest BCUT2D eigenvalue weighted by Gasteiger charge is 2.48. The van der Waals surface area contributed by atoms with Crippen molar-refractivity contribution in [3.05, 3.63) is 29.3 Å². The van der Waals surface area contributed by atoms with E-state index in [2.05, 4.69) is 0 Å². The Morgan fingerprint density at radius 1 is 1.29 bits per heavy atom. The molecule has 0 spiro atoms. The van der Waals surface area contributed by atoms with Crippen molar-refractivity contribution < 1.29 is 24.5 Å². The molecule has 0 radical (unpaired) electrons. The maximum Gasteiger partial charge on any atom is 0.197 e. The number of hydrogen-bond donors (Lipinski definition) is 2. The molecule has 1 aliphatic carbocycles. The summed E-state index contributed by atoms with van der Waals surface area (Å²) >= 11 is 0. The fourth-order valence-corrected chi connectivity index (χ4v) is 1.85. The van der Waals surface area contributed by atoms with Crippen LogP contribution in [0.5, 0.6) is 5.75 Å². The molecule has 5 nitrogen and oxygen atoms in total. The first-order valence-corrected chi connectivity index (χ1v) is 5.07. The van der Waals surface area contributed by atoms with Crippen LogP contribution in [0.2, 0.25) is 0 Å². The van der Waals surface area contributed by atoms with Gasteiger partial charge in [-0.05, 0) is 25.1 Å². The van der Waals surface area contributed by atoms with Crippen LogP contribution < -0.4 is 4.74 Å². The molecule has 0 fully saturated rings. The summed E-state index contributed by atoms with van der Waals surface area (Å²) in [6.45, 7) is 1.13. The maximum absolute atomic E-state index is 11.9. The van der Waals surface area contributed by atoms with E-state index < -0.39 is 23.3 Å². The Hall–Kier alpha value is -1.72. The van der Waals surface area contributed by atoms with Crippen LogP contribution in [0.1, 0.15) is 27.6 Å². The summed E-state index contributed by atoms with van der Waals surface area (Å²) in [6.07, 6.45) is -1.74. The summed E-state index contributed by atoms with van der Waals surface area (Å²) in [7, 11) is 1.43. The molecule has 0 saturated carbocycles. The van der Waals surface area contributed by atoms with Gasteiger partial charge in [-0.3, -0.25) is 9.59 Å². The standard InChI is InChI=1S/C12H12O5/c1-12(16)10(14)7-4-3-6(17-2)5-8(7)9(13)11(12)15/h3-5,11,15-16H,1-2H3/t11-,12+/m0/s1. The van der Waals surface area contributed by atoms with Crippen molar-refractivity contribution in [3.8, 4) is 5.75 Å². The number of aliphatic hydroxyl groups excluding tert-OH is 1. The van der Waals surface area contributed by atoms with Crippen LogP contribution in [-0.4, -0.2) is 40.6 Å². The molecule has 0 aromatic heterocycles. The number of carbonyl (C=O) groups excluding carboxylic acids is 2. The molecule has 2 N–H and O–H groups in total. The lowest BCUT2D eigenvalue weighted by Crippen LogP contribution is -2.54. The van der Waals surface area contributed by atoms with E-state index >= 15 is 0 Å². The normalized spacial score (nSPS) is 27.9. The summed E-state index contributed by atoms with van der Waals surface area (Å²) in [6, 6.07) is 4.32. The number of ether oxygens (including phenoxy) is 1. The largest absolute Gasteiger partial charge is 0.497 e. The first kappa shape index (κ1) is 11.8. The number of rotatable bonds is 1. The van der Waals surface area contributed by atoms with Crippen LogP contribution in [0.25, 0.3) is 0 Å². The smallest absolute Gasteiger partial charge is 0.197 e. The lowest BCUT2D eigenvalue weighted by Gasteiger charge is -2.32. The summed E-state index contributed by atoms with van der Waals surface area (Å²) < 4.78 is 4.94. The third-order valence-corrected chi connectivity index (χ3v) is 2.98. The van der Waals surface area contributed by atoms with Crippen LogP contribution in [0.4, 0.5) is 0 Å². The Balaban J connectivity index is 2.64. The third kappa shape index (κ3) is 1.55. The highest BCUT2D eigenvalue weighted by atomic mass is 16.5. The molecule has 1 aromatic carbocycles. The molecule has 0 unspecified atom stereocenters. The zero-order chi connectivity index (χ0) is 12.8. The zero-order valence-corrected chi connectivity index (χ0v) is 9.43. The Bertz CT molecular complexity index is 504. The van der Waals surface area contributed by atoms with Crippen LogP contribution in [-0.2, 0) is 0 Å². The Morgan fingerprint density at radius 3 is 2.53 bits per heavy atom. The molecule has 90 valence electrons. The van der Waals surface area contributed by atoms with Gasteiger partial charge in [0.25, 0.3) is 0 Å². The Labute approximate surface area is 97.6 Å². The van der Waals surface area contributed by atoms with Gasteiger partial charge in [-0.1, -0.05) is 0 Å². The molecule has 1 aromatic rings. The number of carbonyl (C=O) groups is 2. The molecule has 0 bridgehead atoms. The number of Topliss-reactive ketones (excluding diaryl/α,β-unsaturated/α-hetero) is 2. The second-order valence-electron chi connectivity index (χ2n) is 4.15. The molecule has 0 amide bonds. The second kappa shape index (κ2) is 3.65. The number of hydrogen-bond acceptors (Lipinski definition) is 5. The number of ketones is 2. The topological polar surface area (TPSA) is 83.8 Å². The van der Waals surface area contributed by atoms with Crippen molar-refractivity contribution in [2.75, 3.05) is 7.11 Å². The first-order chi connectivity index (χ1) is 7.89. The highest BCUT2D eigenvalue weighted by Crippen LogP contribution is 2.31. The summed E-state index contributed by atoms with van der Waals surface area (Å²) in [5.41, 5.74) is -1.89. The van der Waals surface area contributed by atoms with Crippen molar-refractivity contribution in [2.45, 2.75) is 18.6 Å². The quantitative estimate of drug-likeness (QED) is 0.727. The lowest BCUT2D eigenvalue weighted by molar-refractivity contribution is -0.0306. The fraction of sp³-hybridized carbons (Fsp3) is 0.333. The fourth-order valence-electron chi connectivity index (χ4n) is 1.85. The Kier molecular flexibility index (Phi) is 2.52. The van der Waals surface area contributed by atoms with Gasteiger partial charge in [-0.2, -0.15) is 0 Å². The molecule has 0 heterocycles. The summed E-state index contributed by atoms with van der Waals surface area (Å²) in [4.78, 5) is 23.7. The molecule has 1 aliphatic rings. The van der Waals surface area contributed by atoms with Crippen molar-refractivity contribution >= 4 is 11.6 Å². The third-order valence-electron chi connectivity index (χ3n) is 2.98. The second-order valence-corrected chi connectivity index (χ2v) is 4.15. The van der Waals surface area contributed by atoms with Crippen LogP contribution >= 0.6 is 0 Å². The van der Waals surface area contributed by atoms with Gasteiger partial charge < -0.3 is 14.9 Å². The van der Waals surface area contributed by atoms with E-state index in [9.17, 15) is 19.8 Å². The molecule has 2 rings (SSSR count). The van der Waals surface area contributed by atoms with Gasteiger partial charge in [0, 0.05) is 11.1 Å². The van der Waals surface area contributed by atoms with Gasteiger partial charge in [-0.25, -0.2) is 0 Å². The molecule has 17 heavy (non-hydrogen) atoms. The molecule has 0 aliphatic heterocycles. The number of fused-ring (bicyclic) bond motifs is 1. The van der Waals surface area contributed by atoms with Crippen LogP contribution in [0, 0.1) is 0 Å². The number of methoxy groups -OCH3 is 1. The minimum atomic E-state index is -2.07. The van der Waals surface area contributed by atoms with E-state index in [0.29, 0.717) is 5.75 Å². The van der Waals surface area contributed by atoms with E-state index in [0.717, 1.165) is 6.92 Å². The van der Waals surface area contributed by atoms with Crippen molar-refractivity contribution in [1.82, 2.24) is 0 Å². The van der Waals surface area contributed by atoms with E-state index in [-0.39, 0.29) is 11.1 Å². The van der Waals surface area contributed by atoms with Gasteiger partial charge in [0.1, 0.15) is 5.75 Å². The van der Waals surface area contributed by atoms with Gasteiger partial charge >= 0.3 is 0 Å². The molecule has 5 heteroatoms. The molecular formula is C12H12O5. The van der Waals surface area contributed by atoms with Gasteiger partial charge in [0.05, 0.1) is 7.11 Å². The van der Waals surface area contributed by atoms with E-state index in [1.807, 2.05) is 0 Å². The number of benzene rings is 1. The van der Waals surface area contributed by atoms with E-state index in [4.69, 9.17) is 4.74 Å². The average molecular weight is 236 g/mol. The minimum Gasteiger partial charge on any atom is -0.497 e. The van der Waals surface area contributed by atoms with Crippen LogP contribution in [0.15, 0.2) is 18.2 Å². The molecule has 0 saturated heterocycles. The first-order valence-electron chi connectivity index (χ1n) is 5.07. The van der Waals surface area contributed by atoms with Crippen molar-refractivity contribution in [2.24, 2.45) is 0 Å². The monoisotopic (exact) mass is 236 g/mol. The van der Waals surface area contributed by atoms with Crippen LogP contribution in [0.3, 0.4) is 0 Å². The SMILES string of the molecule is COc1ccc2c(c1)C(=O)[C@H](O)[C@](C)(O)C2=O. The van der Waals surface area contributed by atoms with Gasteiger partial charge in [0.15, 0.2) is 23.3 Å². The van der Waals surface area contributed by atoms with E-state index in [1.54, 1.807) is 0 Å². The molecular weight excluding hydrogens is 224 g/mol. The predicted molar refractivity (Wildman–Crippen MR) is 58.3 cm³/mol. The Morgan fingerprint density at radius 2 is 1.94 bits per heavy atom. The summed E-state index contributed by atoms with van der Waals surface area (Å²) in [5, 5.41) is 19.4. The zero-order valence-electron chi connectivity index (χ0n) is 9.43. The van der Waals surface area contributed by atoms with Gasteiger partial charge in [0.2, 0.25) is 0 Å². The van der Waals surface area contributed by atoms with Gasteiger partial charge in [-0.15, -0.1) is 0 Å². The number of aliphatic hydroxyl groups is 2. The predicted octanol–water partition coefficient (Wildman–Crippen LogP) is 0.186. The lowest BCUT2D eigenvalue weighted by atomic mass is 9.77. The van der Waals surface area contributed by atoms with Crippen molar-refractivity contribution in [3.63, 3.8) is 0 Å². The molecule has 2 atom stereocenters. The van der Waals surface area contributed by atoms with E-state index in [1.165, 1.54) is 25.3 Å². The summed E-state index contributed by atoms with van der Waals surface area (Å²) in [5.74, 6) is -0.926. The maximum atomic E-state index is 11.9. The minimum absolute atomic E-state index is 0.0772.